The van der Waals surface area contributed by atoms with E-state index in [1.54, 1.807) is 6.92 Å². The van der Waals surface area contributed by atoms with Crippen LogP contribution in [0, 0.1) is 12.3 Å². The van der Waals surface area contributed by atoms with E-state index in [0.29, 0.717) is 5.69 Å². The Bertz CT molecular complexity index is 494. The van der Waals surface area contributed by atoms with Crippen LogP contribution in [0.25, 0.3) is 0 Å². The summed E-state index contributed by atoms with van der Waals surface area (Å²) >= 11 is 0. The second kappa shape index (κ2) is 6.25. The highest BCUT2D eigenvalue weighted by molar-refractivity contribution is 5.87. The summed E-state index contributed by atoms with van der Waals surface area (Å²) in [5.74, 6) is 1.31. The molecule has 0 spiro atoms. The lowest BCUT2D eigenvalue weighted by Crippen LogP contribution is -2.39. The van der Waals surface area contributed by atoms with Crippen LogP contribution >= 0.6 is 0 Å². The Labute approximate surface area is 104 Å². The maximum Gasteiger partial charge on any atom is 0.335 e. The number of carbonyl (C=O) groups is 2. The molecule has 1 unspecified atom stereocenters. The molecule has 0 radical (unpaired) electrons. The fourth-order valence-corrected chi connectivity index (χ4v) is 1.17. The molecule has 94 valence electrons. The van der Waals surface area contributed by atoms with Crippen LogP contribution in [0.5, 0.6) is 0 Å². The third-order valence-electron chi connectivity index (χ3n) is 2.09. The molecule has 6 heteroatoms. The predicted octanol–water partition coefficient (Wildman–Crippen LogP) is 0.601. The van der Waals surface area contributed by atoms with Crippen LogP contribution in [0.1, 0.15) is 23.0 Å². The average molecular weight is 247 g/mol. The van der Waals surface area contributed by atoms with E-state index < -0.39 is 12.0 Å². The van der Waals surface area contributed by atoms with Gasteiger partial charge in [-0.15, -0.1) is 6.42 Å². The Balaban J connectivity index is 2.54. The first-order valence-electron chi connectivity index (χ1n) is 5.21. The Morgan fingerprint density at radius 3 is 2.94 bits per heavy atom. The van der Waals surface area contributed by atoms with Gasteiger partial charge in [-0.05, 0) is 19.1 Å². The first-order valence-corrected chi connectivity index (χ1v) is 5.21. The molecule has 1 aromatic rings. The number of hydrogen-bond donors (Lipinski definition) is 3. The van der Waals surface area contributed by atoms with Gasteiger partial charge in [0.2, 0.25) is 0 Å². The molecule has 18 heavy (non-hydrogen) atoms. The van der Waals surface area contributed by atoms with E-state index in [0.717, 1.165) is 0 Å². The second-order valence-electron chi connectivity index (χ2n) is 3.56. The maximum atomic E-state index is 11.3. The van der Waals surface area contributed by atoms with Crippen molar-refractivity contribution in [2.24, 2.45) is 0 Å². The SMILES string of the molecule is C#CC(C)NC(=O)NCc1cc(C(=O)O)ccn1. The topological polar surface area (TPSA) is 91.3 Å². The number of aromatic carboxylic acids is 1. The second-order valence-corrected chi connectivity index (χ2v) is 3.56. The zero-order valence-corrected chi connectivity index (χ0v) is 9.80. The van der Waals surface area contributed by atoms with Crippen LogP contribution in [0.4, 0.5) is 4.79 Å². The largest absolute Gasteiger partial charge is 0.478 e. The standard InChI is InChI=1S/C12H13N3O3/c1-3-8(2)15-12(18)14-7-10-6-9(11(16)17)4-5-13-10/h1,4-6,8H,7H2,2H3,(H,16,17)(H2,14,15,18). The lowest BCUT2D eigenvalue weighted by atomic mass is 10.2. The van der Waals surface area contributed by atoms with Gasteiger partial charge in [0.25, 0.3) is 0 Å². The molecule has 2 amide bonds. The predicted molar refractivity (Wildman–Crippen MR) is 64.9 cm³/mol. The quantitative estimate of drug-likeness (QED) is 0.679. The molecule has 0 aliphatic carbocycles. The first-order chi connectivity index (χ1) is 8.52. The van der Waals surface area contributed by atoms with Gasteiger partial charge >= 0.3 is 12.0 Å². The number of nitrogens with zero attached hydrogens (tertiary/aromatic N) is 1. The molecule has 1 atom stereocenters. The van der Waals surface area contributed by atoms with Gasteiger partial charge in [0.1, 0.15) is 0 Å². The average Bonchev–Trinajstić information content (AvgIpc) is 2.36. The maximum absolute atomic E-state index is 11.3. The summed E-state index contributed by atoms with van der Waals surface area (Å²) in [6.45, 7) is 1.80. The van der Waals surface area contributed by atoms with E-state index in [-0.39, 0.29) is 18.2 Å². The molecule has 0 aliphatic heterocycles. The van der Waals surface area contributed by atoms with Gasteiger partial charge in [-0.2, -0.15) is 0 Å². The molecule has 0 fully saturated rings. The van der Waals surface area contributed by atoms with Gasteiger partial charge in [0.05, 0.1) is 23.8 Å². The summed E-state index contributed by atoms with van der Waals surface area (Å²) in [4.78, 5) is 26.0. The van der Waals surface area contributed by atoms with Gasteiger partial charge in [0, 0.05) is 6.20 Å². The van der Waals surface area contributed by atoms with Gasteiger partial charge < -0.3 is 15.7 Å². The monoisotopic (exact) mass is 247 g/mol. The minimum absolute atomic E-state index is 0.124. The van der Waals surface area contributed by atoms with E-state index in [4.69, 9.17) is 11.5 Å². The molecule has 1 aromatic heterocycles. The van der Waals surface area contributed by atoms with Crippen LogP contribution in [-0.2, 0) is 6.54 Å². The Morgan fingerprint density at radius 1 is 1.61 bits per heavy atom. The molecule has 0 aliphatic rings. The van der Waals surface area contributed by atoms with Crippen molar-refractivity contribution in [2.45, 2.75) is 19.5 Å². The van der Waals surface area contributed by atoms with Crippen molar-refractivity contribution in [3.63, 3.8) is 0 Å². The summed E-state index contributed by atoms with van der Waals surface area (Å²) in [5, 5.41) is 13.8. The number of pyridine rings is 1. The van der Waals surface area contributed by atoms with Crippen molar-refractivity contribution in [1.82, 2.24) is 15.6 Å². The number of aromatic nitrogens is 1. The summed E-state index contributed by atoms with van der Waals surface area (Å²) in [6, 6.07) is 1.98. The van der Waals surface area contributed by atoms with Crippen molar-refractivity contribution in [3.8, 4) is 12.3 Å². The summed E-state index contributed by atoms with van der Waals surface area (Å²) in [6.07, 6.45) is 6.49. The third-order valence-corrected chi connectivity index (χ3v) is 2.09. The van der Waals surface area contributed by atoms with Crippen LogP contribution in [0.2, 0.25) is 0 Å². The number of carboxylic acids is 1. The van der Waals surface area contributed by atoms with Crippen molar-refractivity contribution in [2.75, 3.05) is 0 Å². The molecule has 1 heterocycles. The minimum atomic E-state index is -1.04. The smallest absolute Gasteiger partial charge is 0.335 e. The molecule has 6 nitrogen and oxygen atoms in total. The molecular weight excluding hydrogens is 234 g/mol. The molecule has 1 rings (SSSR count). The number of terminal acetylenes is 1. The van der Waals surface area contributed by atoms with Gasteiger partial charge in [-0.25, -0.2) is 9.59 Å². The Kier molecular flexibility index (Phi) is 4.69. The molecular formula is C12H13N3O3. The van der Waals surface area contributed by atoms with Crippen LogP contribution in [-0.4, -0.2) is 28.1 Å². The highest BCUT2D eigenvalue weighted by atomic mass is 16.4. The summed E-state index contributed by atoms with van der Waals surface area (Å²) in [5.41, 5.74) is 0.581. The number of rotatable bonds is 4. The fourth-order valence-electron chi connectivity index (χ4n) is 1.17. The van der Waals surface area contributed by atoms with Crippen molar-refractivity contribution >= 4 is 12.0 Å². The van der Waals surface area contributed by atoms with E-state index in [1.165, 1.54) is 18.3 Å². The number of carbonyl (C=O) groups excluding carboxylic acids is 1. The highest BCUT2D eigenvalue weighted by Crippen LogP contribution is 2.01. The molecule has 0 aromatic carbocycles. The third kappa shape index (κ3) is 4.14. The number of urea groups is 1. The highest BCUT2D eigenvalue weighted by Gasteiger charge is 2.06. The van der Waals surface area contributed by atoms with E-state index in [2.05, 4.69) is 21.5 Å². The van der Waals surface area contributed by atoms with Gasteiger partial charge in [0.15, 0.2) is 0 Å². The number of carboxylic acid groups (broad SMARTS) is 1. The number of amides is 2. The summed E-state index contributed by atoms with van der Waals surface area (Å²) in [7, 11) is 0. The molecule has 0 saturated heterocycles. The minimum Gasteiger partial charge on any atom is -0.478 e. The van der Waals surface area contributed by atoms with Crippen molar-refractivity contribution in [1.29, 1.82) is 0 Å². The van der Waals surface area contributed by atoms with Crippen molar-refractivity contribution < 1.29 is 14.7 Å². The van der Waals surface area contributed by atoms with E-state index in [1.807, 2.05) is 0 Å². The van der Waals surface area contributed by atoms with Crippen LogP contribution in [0.15, 0.2) is 18.3 Å². The van der Waals surface area contributed by atoms with Crippen LogP contribution in [0.3, 0.4) is 0 Å². The number of hydrogen-bond acceptors (Lipinski definition) is 3. The fraction of sp³-hybridized carbons (Fsp3) is 0.250. The summed E-state index contributed by atoms with van der Waals surface area (Å²) < 4.78 is 0. The molecule has 0 bridgehead atoms. The van der Waals surface area contributed by atoms with Gasteiger partial charge in [-0.1, -0.05) is 5.92 Å². The molecule has 0 saturated carbocycles. The van der Waals surface area contributed by atoms with Crippen molar-refractivity contribution in [3.05, 3.63) is 29.6 Å². The Morgan fingerprint density at radius 2 is 2.33 bits per heavy atom. The first kappa shape index (κ1) is 13.5. The van der Waals surface area contributed by atoms with E-state index >= 15 is 0 Å². The van der Waals surface area contributed by atoms with Crippen LogP contribution < -0.4 is 10.6 Å². The van der Waals surface area contributed by atoms with Gasteiger partial charge in [-0.3, -0.25) is 4.98 Å². The zero-order chi connectivity index (χ0) is 13.5. The lowest BCUT2D eigenvalue weighted by molar-refractivity contribution is 0.0696. The molecule has 3 N–H and O–H groups in total. The zero-order valence-electron chi connectivity index (χ0n) is 9.80. The number of nitrogens with one attached hydrogen (secondary N) is 2. The van der Waals surface area contributed by atoms with E-state index in [9.17, 15) is 9.59 Å². The lowest BCUT2D eigenvalue weighted by Gasteiger charge is -2.09. The normalized spacial score (nSPS) is 11.1. The Hall–Kier alpha value is -2.55.